The van der Waals surface area contributed by atoms with Gasteiger partial charge in [-0.15, -0.1) is 0 Å². The van der Waals surface area contributed by atoms with Crippen molar-refractivity contribution in [2.24, 2.45) is 5.84 Å². The molecule has 78 valence electrons. The van der Waals surface area contributed by atoms with Gasteiger partial charge in [-0.2, -0.15) is 13.2 Å². The lowest BCUT2D eigenvalue weighted by Crippen LogP contribution is -2.17. The van der Waals surface area contributed by atoms with Gasteiger partial charge in [0.25, 0.3) is 0 Å². The summed E-state index contributed by atoms with van der Waals surface area (Å²) in [7, 11) is 0. The van der Waals surface area contributed by atoms with Gasteiger partial charge in [0.15, 0.2) is 5.69 Å². The minimum atomic E-state index is -4.51. The van der Waals surface area contributed by atoms with Crippen molar-refractivity contribution in [1.29, 1.82) is 0 Å². The number of aryl methyl sites for hydroxylation is 1. The molecule has 1 heterocycles. The largest absolute Gasteiger partial charge is 0.435 e. The summed E-state index contributed by atoms with van der Waals surface area (Å²) in [5.41, 5.74) is 0.950. The van der Waals surface area contributed by atoms with E-state index in [4.69, 9.17) is 5.84 Å². The molecule has 0 aliphatic heterocycles. The summed E-state index contributed by atoms with van der Waals surface area (Å²) in [6, 6.07) is 1.24. The highest BCUT2D eigenvalue weighted by molar-refractivity contribution is 9.10. The number of halogens is 4. The maximum atomic E-state index is 12.4. The van der Waals surface area contributed by atoms with Crippen molar-refractivity contribution in [1.82, 2.24) is 4.98 Å². The maximum absolute atomic E-state index is 12.4. The van der Waals surface area contributed by atoms with E-state index in [-0.39, 0.29) is 11.4 Å². The molecule has 1 rings (SSSR count). The zero-order valence-corrected chi connectivity index (χ0v) is 8.70. The van der Waals surface area contributed by atoms with Crippen LogP contribution in [0.1, 0.15) is 11.4 Å². The summed E-state index contributed by atoms with van der Waals surface area (Å²) >= 11 is 3.06. The fraction of sp³-hybridized carbons (Fsp3) is 0.286. The second kappa shape index (κ2) is 3.74. The number of rotatable bonds is 1. The number of hydrogen-bond acceptors (Lipinski definition) is 3. The van der Waals surface area contributed by atoms with Crippen LogP contribution in [0.25, 0.3) is 0 Å². The van der Waals surface area contributed by atoms with Gasteiger partial charge in [0, 0.05) is 4.47 Å². The minimum Gasteiger partial charge on any atom is -0.322 e. The molecule has 0 radical (unpaired) electrons. The highest BCUT2D eigenvalue weighted by atomic mass is 79.9. The van der Waals surface area contributed by atoms with Crippen LogP contribution in [0, 0.1) is 6.92 Å². The number of pyridine rings is 1. The molecule has 0 unspecified atom stereocenters. The third-order valence-electron chi connectivity index (χ3n) is 1.58. The van der Waals surface area contributed by atoms with E-state index < -0.39 is 11.9 Å². The fourth-order valence-corrected chi connectivity index (χ4v) is 1.22. The number of anilines is 1. The van der Waals surface area contributed by atoms with Crippen molar-refractivity contribution in [3.05, 3.63) is 21.9 Å². The highest BCUT2D eigenvalue weighted by Crippen LogP contribution is 2.34. The lowest BCUT2D eigenvalue weighted by atomic mass is 10.2. The van der Waals surface area contributed by atoms with E-state index in [0.717, 1.165) is 0 Å². The second-order valence-electron chi connectivity index (χ2n) is 2.59. The molecule has 0 aliphatic carbocycles. The normalized spacial score (nSPS) is 11.6. The average Bonchev–Trinajstić information content (AvgIpc) is 2.07. The molecule has 3 N–H and O–H groups in total. The summed E-state index contributed by atoms with van der Waals surface area (Å²) < 4.78 is 37.6. The molecular formula is C7H7BrF3N3. The second-order valence-corrected chi connectivity index (χ2v) is 3.45. The summed E-state index contributed by atoms with van der Waals surface area (Å²) in [5.74, 6) is 4.96. The molecule has 0 amide bonds. The number of nitrogens with one attached hydrogen (secondary N) is 1. The SMILES string of the molecule is Cc1nc(C(F)(F)F)c(NN)cc1Br. The Morgan fingerprint density at radius 1 is 1.50 bits per heavy atom. The lowest BCUT2D eigenvalue weighted by Gasteiger charge is -2.12. The van der Waals surface area contributed by atoms with Crippen molar-refractivity contribution in [3.63, 3.8) is 0 Å². The van der Waals surface area contributed by atoms with E-state index >= 15 is 0 Å². The third kappa shape index (κ3) is 2.16. The summed E-state index contributed by atoms with van der Waals surface area (Å²) in [4.78, 5) is 3.40. The number of nitrogens with two attached hydrogens (primary N) is 1. The first kappa shape index (κ1) is 11.3. The topological polar surface area (TPSA) is 50.9 Å². The van der Waals surface area contributed by atoms with Crippen molar-refractivity contribution < 1.29 is 13.2 Å². The zero-order chi connectivity index (χ0) is 10.9. The molecule has 14 heavy (non-hydrogen) atoms. The van der Waals surface area contributed by atoms with Crippen LogP contribution in [0.4, 0.5) is 18.9 Å². The van der Waals surface area contributed by atoms with Gasteiger partial charge in [0.05, 0.1) is 11.4 Å². The van der Waals surface area contributed by atoms with Crippen LogP contribution < -0.4 is 11.3 Å². The van der Waals surface area contributed by atoms with Crippen molar-refractivity contribution in [3.8, 4) is 0 Å². The zero-order valence-electron chi connectivity index (χ0n) is 7.11. The molecule has 3 nitrogen and oxygen atoms in total. The predicted molar refractivity (Wildman–Crippen MR) is 49.5 cm³/mol. The van der Waals surface area contributed by atoms with Crippen molar-refractivity contribution >= 4 is 21.6 Å². The Hall–Kier alpha value is -0.820. The van der Waals surface area contributed by atoms with Gasteiger partial charge in [0.1, 0.15) is 0 Å². The Labute approximate surface area is 86.6 Å². The molecule has 0 aliphatic rings. The van der Waals surface area contributed by atoms with Gasteiger partial charge in [0.2, 0.25) is 0 Å². The number of nitrogens with zero attached hydrogens (tertiary/aromatic N) is 1. The summed E-state index contributed by atoms with van der Waals surface area (Å²) in [6.45, 7) is 1.47. The Morgan fingerprint density at radius 2 is 2.07 bits per heavy atom. The van der Waals surface area contributed by atoms with Gasteiger partial charge < -0.3 is 5.43 Å². The number of hydrazine groups is 1. The highest BCUT2D eigenvalue weighted by Gasteiger charge is 2.36. The van der Waals surface area contributed by atoms with Crippen LogP contribution in [-0.2, 0) is 6.18 Å². The molecule has 0 saturated carbocycles. The number of nitrogen functional groups attached to an aromatic ring is 1. The summed E-state index contributed by atoms with van der Waals surface area (Å²) in [5, 5.41) is 0. The van der Waals surface area contributed by atoms with Gasteiger partial charge in [-0.05, 0) is 28.9 Å². The number of aromatic nitrogens is 1. The smallest absolute Gasteiger partial charge is 0.322 e. The van der Waals surface area contributed by atoms with Gasteiger partial charge in [-0.3, -0.25) is 5.84 Å². The first-order valence-electron chi connectivity index (χ1n) is 3.57. The van der Waals surface area contributed by atoms with E-state index in [9.17, 15) is 13.2 Å². The van der Waals surface area contributed by atoms with E-state index in [1.165, 1.54) is 13.0 Å². The van der Waals surface area contributed by atoms with E-state index in [0.29, 0.717) is 4.47 Å². The van der Waals surface area contributed by atoms with Gasteiger partial charge >= 0.3 is 6.18 Å². The standard InChI is InChI=1S/C7H7BrF3N3/c1-3-4(8)2-5(14-12)6(13-3)7(9,10)11/h2,14H,12H2,1H3. The molecule has 0 saturated heterocycles. The molecule has 7 heteroatoms. The molecule has 1 aromatic heterocycles. The van der Waals surface area contributed by atoms with E-state index in [1.807, 2.05) is 5.43 Å². The van der Waals surface area contributed by atoms with Crippen LogP contribution in [0.3, 0.4) is 0 Å². The minimum absolute atomic E-state index is 0.255. The molecule has 0 atom stereocenters. The van der Waals surface area contributed by atoms with Crippen molar-refractivity contribution in [2.75, 3.05) is 5.43 Å². The van der Waals surface area contributed by atoms with Crippen LogP contribution in [0.15, 0.2) is 10.5 Å². The molecular weight excluding hydrogens is 263 g/mol. The fourth-order valence-electron chi connectivity index (χ4n) is 0.907. The molecule has 0 aromatic carbocycles. The molecule has 0 bridgehead atoms. The van der Waals surface area contributed by atoms with Crippen LogP contribution in [0.2, 0.25) is 0 Å². The molecule has 0 spiro atoms. The van der Waals surface area contributed by atoms with Crippen LogP contribution in [0.5, 0.6) is 0 Å². The Morgan fingerprint density at radius 3 is 2.50 bits per heavy atom. The van der Waals surface area contributed by atoms with Gasteiger partial charge in [-0.1, -0.05) is 0 Å². The Bertz CT molecular complexity index is 351. The number of alkyl halides is 3. The Balaban J connectivity index is 3.35. The van der Waals surface area contributed by atoms with Gasteiger partial charge in [-0.25, -0.2) is 4.98 Å². The van der Waals surface area contributed by atoms with Crippen molar-refractivity contribution in [2.45, 2.75) is 13.1 Å². The lowest BCUT2D eigenvalue weighted by molar-refractivity contribution is -0.140. The first-order valence-corrected chi connectivity index (χ1v) is 4.36. The third-order valence-corrected chi connectivity index (χ3v) is 2.38. The Kier molecular flexibility index (Phi) is 3.01. The number of hydrogen-bond donors (Lipinski definition) is 2. The van der Waals surface area contributed by atoms with Crippen LogP contribution >= 0.6 is 15.9 Å². The average molecular weight is 270 g/mol. The molecule has 0 fully saturated rings. The summed E-state index contributed by atoms with van der Waals surface area (Å²) in [6.07, 6.45) is -4.51. The molecule has 1 aromatic rings. The predicted octanol–water partition coefficient (Wildman–Crippen LogP) is 2.46. The van der Waals surface area contributed by atoms with E-state index in [1.54, 1.807) is 0 Å². The van der Waals surface area contributed by atoms with Crippen LogP contribution in [-0.4, -0.2) is 4.98 Å². The first-order chi connectivity index (χ1) is 6.36. The quantitative estimate of drug-likeness (QED) is 0.608. The van der Waals surface area contributed by atoms with E-state index in [2.05, 4.69) is 20.9 Å². The maximum Gasteiger partial charge on any atom is 0.435 e. The monoisotopic (exact) mass is 269 g/mol.